The molecular formula is C20H23N3O2. The first-order chi connectivity index (χ1) is 11.8. The van der Waals surface area contributed by atoms with E-state index in [1.165, 1.54) is 0 Å². The second-order valence-electron chi connectivity index (χ2n) is 6.46. The van der Waals surface area contributed by atoms with E-state index in [1.807, 2.05) is 45.0 Å². The van der Waals surface area contributed by atoms with Crippen LogP contribution in [-0.4, -0.2) is 16.7 Å². The van der Waals surface area contributed by atoms with Gasteiger partial charge in [0.25, 0.3) is 0 Å². The van der Waals surface area contributed by atoms with E-state index in [0.717, 1.165) is 11.1 Å². The summed E-state index contributed by atoms with van der Waals surface area (Å²) in [5, 5.41) is 2.76. The Labute approximate surface area is 148 Å². The summed E-state index contributed by atoms with van der Waals surface area (Å²) in [4.78, 5) is 16.4. The number of nitrogens with two attached hydrogens (primary N) is 1. The SMILES string of the molecule is C=C/C=C(\NC(=O)OC(C)(C)C)c1cccc(-c2ncccc2N)c1. The zero-order valence-corrected chi connectivity index (χ0v) is 14.7. The second kappa shape index (κ2) is 7.66. The number of benzene rings is 1. The van der Waals surface area contributed by atoms with Gasteiger partial charge >= 0.3 is 6.09 Å². The molecule has 25 heavy (non-hydrogen) atoms. The van der Waals surface area contributed by atoms with Crippen LogP contribution in [0.25, 0.3) is 17.0 Å². The lowest BCUT2D eigenvalue weighted by Gasteiger charge is -2.20. The lowest BCUT2D eigenvalue weighted by molar-refractivity contribution is 0.0558. The molecule has 1 heterocycles. The van der Waals surface area contributed by atoms with Gasteiger partial charge < -0.3 is 10.5 Å². The van der Waals surface area contributed by atoms with E-state index in [0.29, 0.717) is 17.1 Å². The number of pyridine rings is 1. The summed E-state index contributed by atoms with van der Waals surface area (Å²) in [7, 11) is 0. The number of hydrogen-bond acceptors (Lipinski definition) is 4. The highest BCUT2D eigenvalue weighted by molar-refractivity contribution is 5.84. The number of alkyl carbamates (subject to hydrolysis) is 1. The third-order valence-corrected chi connectivity index (χ3v) is 3.21. The summed E-state index contributed by atoms with van der Waals surface area (Å²) >= 11 is 0. The van der Waals surface area contributed by atoms with Crippen molar-refractivity contribution in [3.63, 3.8) is 0 Å². The highest BCUT2D eigenvalue weighted by Gasteiger charge is 2.17. The molecule has 130 valence electrons. The molecule has 0 bridgehead atoms. The molecule has 1 aromatic carbocycles. The molecule has 0 aliphatic rings. The Morgan fingerprint density at radius 1 is 1.28 bits per heavy atom. The first-order valence-corrected chi connectivity index (χ1v) is 7.94. The van der Waals surface area contributed by atoms with Crippen LogP contribution in [0.2, 0.25) is 0 Å². The number of allylic oxidation sites excluding steroid dienone is 2. The minimum atomic E-state index is -0.576. The van der Waals surface area contributed by atoms with Crippen molar-refractivity contribution < 1.29 is 9.53 Å². The number of aromatic nitrogens is 1. The number of nitrogens with zero attached hydrogens (tertiary/aromatic N) is 1. The summed E-state index contributed by atoms with van der Waals surface area (Å²) in [6.45, 7) is 9.14. The van der Waals surface area contributed by atoms with Gasteiger partial charge in [-0.25, -0.2) is 4.79 Å². The minimum absolute atomic E-state index is 0.525. The second-order valence-corrected chi connectivity index (χ2v) is 6.46. The van der Waals surface area contributed by atoms with Crippen molar-refractivity contribution in [1.29, 1.82) is 0 Å². The van der Waals surface area contributed by atoms with Crippen molar-refractivity contribution >= 4 is 17.5 Å². The maximum Gasteiger partial charge on any atom is 0.412 e. The average Bonchev–Trinajstić information content (AvgIpc) is 2.53. The monoisotopic (exact) mass is 337 g/mol. The van der Waals surface area contributed by atoms with Crippen molar-refractivity contribution in [2.45, 2.75) is 26.4 Å². The molecule has 1 amide bonds. The summed E-state index contributed by atoms with van der Waals surface area (Å²) in [6, 6.07) is 11.2. The molecule has 0 saturated heterocycles. The van der Waals surface area contributed by atoms with Crippen molar-refractivity contribution in [2.75, 3.05) is 5.73 Å². The van der Waals surface area contributed by atoms with Gasteiger partial charge in [-0.1, -0.05) is 30.9 Å². The molecule has 2 aromatic rings. The molecule has 5 nitrogen and oxygen atoms in total. The quantitative estimate of drug-likeness (QED) is 0.812. The minimum Gasteiger partial charge on any atom is -0.444 e. The van der Waals surface area contributed by atoms with Gasteiger partial charge in [-0.2, -0.15) is 0 Å². The standard InChI is InChI=1S/C20H23N3O2/c1-5-8-17(23-19(24)25-20(2,3)4)14-9-6-10-15(13-14)18-16(21)11-7-12-22-18/h5-13H,1,21H2,2-4H3,(H,23,24)/b17-8-. The van der Waals surface area contributed by atoms with Gasteiger partial charge in [-0.3, -0.25) is 10.3 Å². The van der Waals surface area contributed by atoms with E-state index in [1.54, 1.807) is 30.5 Å². The molecule has 0 radical (unpaired) electrons. The zero-order valence-electron chi connectivity index (χ0n) is 14.7. The van der Waals surface area contributed by atoms with Crippen LogP contribution in [0.1, 0.15) is 26.3 Å². The first kappa shape index (κ1) is 18.3. The maximum atomic E-state index is 12.1. The Hall–Kier alpha value is -3.08. The molecule has 0 spiro atoms. The van der Waals surface area contributed by atoms with E-state index in [9.17, 15) is 4.79 Å². The Balaban J connectivity index is 2.33. The van der Waals surface area contributed by atoms with E-state index in [4.69, 9.17) is 10.5 Å². The molecule has 5 heteroatoms. The molecular weight excluding hydrogens is 314 g/mol. The van der Waals surface area contributed by atoms with Crippen molar-refractivity contribution in [2.24, 2.45) is 0 Å². The maximum absolute atomic E-state index is 12.1. The topological polar surface area (TPSA) is 77.2 Å². The fourth-order valence-electron chi connectivity index (χ4n) is 2.23. The summed E-state index contributed by atoms with van der Waals surface area (Å²) in [6.07, 6.45) is 4.49. The number of hydrogen-bond donors (Lipinski definition) is 2. The van der Waals surface area contributed by atoms with Crippen molar-refractivity contribution in [1.82, 2.24) is 10.3 Å². The van der Waals surface area contributed by atoms with Crippen LogP contribution < -0.4 is 11.1 Å². The van der Waals surface area contributed by atoms with E-state index >= 15 is 0 Å². The number of nitrogens with one attached hydrogen (secondary N) is 1. The van der Waals surface area contributed by atoms with Crippen LogP contribution in [0.3, 0.4) is 0 Å². The Morgan fingerprint density at radius 2 is 2.04 bits per heavy atom. The van der Waals surface area contributed by atoms with Crippen LogP contribution in [0.4, 0.5) is 10.5 Å². The molecule has 0 fully saturated rings. The molecule has 0 aliphatic heterocycles. The van der Waals surface area contributed by atoms with Crippen LogP contribution >= 0.6 is 0 Å². The molecule has 0 saturated carbocycles. The molecule has 0 aliphatic carbocycles. The summed E-state index contributed by atoms with van der Waals surface area (Å²) < 4.78 is 5.31. The number of carbonyl (C=O) groups is 1. The van der Waals surface area contributed by atoms with Crippen LogP contribution in [0.15, 0.2) is 61.3 Å². The first-order valence-electron chi connectivity index (χ1n) is 7.94. The van der Waals surface area contributed by atoms with Gasteiger partial charge in [0.05, 0.1) is 17.1 Å². The third-order valence-electron chi connectivity index (χ3n) is 3.21. The van der Waals surface area contributed by atoms with Gasteiger partial charge in [-0.05, 0) is 50.6 Å². The van der Waals surface area contributed by atoms with Gasteiger partial charge in [0.15, 0.2) is 0 Å². The Kier molecular flexibility index (Phi) is 5.60. The predicted molar refractivity (Wildman–Crippen MR) is 102 cm³/mol. The molecule has 1 aromatic heterocycles. The van der Waals surface area contributed by atoms with Crippen LogP contribution in [0.5, 0.6) is 0 Å². The largest absolute Gasteiger partial charge is 0.444 e. The number of carbonyl (C=O) groups excluding carboxylic acids is 1. The van der Waals surface area contributed by atoms with Gasteiger partial charge in [0.1, 0.15) is 5.60 Å². The lowest BCUT2D eigenvalue weighted by atomic mass is 10.0. The Bertz CT molecular complexity index is 805. The number of amides is 1. The fraction of sp³-hybridized carbons (Fsp3) is 0.200. The van der Waals surface area contributed by atoms with Gasteiger partial charge in [-0.15, -0.1) is 0 Å². The zero-order chi connectivity index (χ0) is 18.4. The number of rotatable bonds is 4. The lowest BCUT2D eigenvalue weighted by Crippen LogP contribution is -2.31. The number of anilines is 1. The molecule has 3 N–H and O–H groups in total. The molecule has 2 rings (SSSR count). The van der Waals surface area contributed by atoms with Gasteiger partial charge in [0, 0.05) is 11.8 Å². The number of nitrogen functional groups attached to an aromatic ring is 1. The highest BCUT2D eigenvalue weighted by atomic mass is 16.6. The van der Waals surface area contributed by atoms with E-state index in [-0.39, 0.29) is 0 Å². The Morgan fingerprint density at radius 3 is 2.68 bits per heavy atom. The van der Waals surface area contributed by atoms with E-state index in [2.05, 4.69) is 16.9 Å². The van der Waals surface area contributed by atoms with Crippen molar-refractivity contribution in [3.8, 4) is 11.3 Å². The highest BCUT2D eigenvalue weighted by Crippen LogP contribution is 2.25. The van der Waals surface area contributed by atoms with E-state index < -0.39 is 11.7 Å². The summed E-state index contributed by atoms with van der Waals surface area (Å²) in [5.41, 5.74) is 8.96. The average molecular weight is 337 g/mol. The van der Waals surface area contributed by atoms with Crippen LogP contribution in [-0.2, 0) is 4.74 Å². The predicted octanol–water partition coefficient (Wildman–Crippen LogP) is 4.38. The number of ether oxygens (including phenoxy) is 1. The fourth-order valence-corrected chi connectivity index (χ4v) is 2.23. The van der Waals surface area contributed by atoms with Gasteiger partial charge in [0.2, 0.25) is 0 Å². The third kappa shape index (κ3) is 5.21. The summed E-state index contributed by atoms with van der Waals surface area (Å²) in [5.74, 6) is 0. The van der Waals surface area contributed by atoms with Crippen molar-refractivity contribution in [3.05, 3.63) is 66.9 Å². The smallest absolute Gasteiger partial charge is 0.412 e. The molecule has 0 unspecified atom stereocenters. The molecule has 0 atom stereocenters. The normalized spacial score (nSPS) is 11.7. The van der Waals surface area contributed by atoms with Crippen LogP contribution in [0, 0.1) is 0 Å².